The summed E-state index contributed by atoms with van der Waals surface area (Å²) in [6.45, 7) is 8.29. The highest BCUT2D eigenvalue weighted by Crippen LogP contribution is 2.22. The van der Waals surface area contributed by atoms with Gasteiger partial charge in [0.15, 0.2) is 5.03 Å². The lowest BCUT2D eigenvalue weighted by Gasteiger charge is -2.25. The average Bonchev–Trinajstić information content (AvgIpc) is 2.57. The molecule has 0 saturated carbocycles. The Balaban J connectivity index is 3.14. The summed E-state index contributed by atoms with van der Waals surface area (Å²) in [6.07, 6.45) is 0. The molecule has 7 heteroatoms. The number of nitrogens with one attached hydrogen (secondary N) is 1. The highest BCUT2D eigenvalue weighted by atomic mass is 32.2. The molecular weight excluding hydrogens is 252 g/mol. The van der Waals surface area contributed by atoms with E-state index in [4.69, 9.17) is 5.73 Å². The van der Waals surface area contributed by atoms with E-state index in [0.29, 0.717) is 17.8 Å². The predicted octanol–water partition coefficient (Wildman–Crippen LogP) is 0.843. The number of hydrogen-bond donors (Lipinski definition) is 2. The van der Waals surface area contributed by atoms with E-state index < -0.39 is 10.0 Å². The molecule has 0 bridgehead atoms. The minimum absolute atomic E-state index is 0.0363. The Hall–Kier alpha value is -0.920. The summed E-state index contributed by atoms with van der Waals surface area (Å²) in [7, 11) is -2.02. The molecule has 0 atom stereocenters. The van der Waals surface area contributed by atoms with Crippen LogP contribution in [-0.4, -0.2) is 36.5 Å². The maximum atomic E-state index is 12.4. The quantitative estimate of drug-likeness (QED) is 0.851. The number of aryl methyl sites for hydroxylation is 1. The molecule has 0 amide bonds. The van der Waals surface area contributed by atoms with Crippen LogP contribution in [0.3, 0.4) is 0 Å². The lowest BCUT2D eigenvalue weighted by atomic mass is 9.97. The van der Waals surface area contributed by atoms with Gasteiger partial charge in [-0.2, -0.15) is 9.40 Å². The van der Waals surface area contributed by atoms with Crippen LogP contribution in [0.5, 0.6) is 0 Å². The Morgan fingerprint density at radius 3 is 2.39 bits per heavy atom. The molecule has 6 nitrogen and oxygen atoms in total. The standard InChI is InChI=1S/C11H22N4O2S/c1-8-9(6-12)10(14-13-8)18(16,17)15(5)7-11(2,3)4/h6-7,12H2,1-5H3,(H,13,14). The van der Waals surface area contributed by atoms with Crippen LogP contribution in [0.15, 0.2) is 5.03 Å². The molecule has 18 heavy (non-hydrogen) atoms. The van der Waals surface area contributed by atoms with Gasteiger partial charge in [-0.05, 0) is 12.3 Å². The number of nitrogens with two attached hydrogens (primary N) is 1. The zero-order valence-electron chi connectivity index (χ0n) is 11.6. The third-order valence-corrected chi connectivity index (χ3v) is 4.37. The molecule has 1 heterocycles. The topological polar surface area (TPSA) is 92.1 Å². The van der Waals surface area contributed by atoms with E-state index >= 15 is 0 Å². The van der Waals surface area contributed by atoms with Crippen molar-refractivity contribution in [3.05, 3.63) is 11.3 Å². The van der Waals surface area contributed by atoms with E-state index in [1.807, 2.05) is 20.8 Å². The number of nitrogens with zero attached hydrogens (tertiary/aromatic N) is 2. The number of rotatable bonds is 4. The molecule has 0 aromatic carbocycles. The van der Waals surface area contributed by atoms with Gasteiger partial charge >= 0.3 is 0 Å². The van der Waals surface area contributed by atoms with E-state index in [1.54, 1.807) is 14.0 Å². The second-order valence-corrected chi connectivity index (χ2v) is 7.62. The minimum Gasteiger partial charge on any atom is -0.326 e. The third kappa shape index (κ3) is 3.09. The Labute approximate surface area is 109 Å². The van der Waals surface area contributed by atoms with Crippen molar-refractivity contribution in [1.29, 1.82) is 0 Å². The molecule has 104 valence electrons. The highest BCUT2D eigenvalue weighted by Gasteiger charge is 2.30. The molecular formula is C11H22N4O2S. The second-order valence-electron chi connectivity index (χ2n) is 5.66. The van der Waals surface area contributed by atoms with Crippen molar-refractivity contribution in [1.82, 2.24) is 14.5 Å². The summed E-state index contributed by atoms with van der Waals surface area (Å²) in [5, 5.41) is 6.59. The van der Waals surface area contributed by atoms with Gasteiger partial charge in [-0.15, -0.1) is 0 Å². The summed E-state index contributed by atoms with van der Waals surface area (Å²) in [5.41, 5.74) is 6.71. The summed E-state index contributed by atoms with van der Waals surface area (Å²) >= 11 is 0. The lowest BCUT2D eigenvalue weighted by Crippen LogP contribution is -2.35. The largest absolute Gasteiger partial charge is 0.326 e. The molecule has 0 radical (unpaired) electrons. The Bertz CT molecular complexity index is 514. The van der Waals surface area contributed by atoms with Gasteiger partial charge in [-0.3, -0.25) is 5.10 Å². The number of sulfonamides is 1. The van der Waals surface area contributed by atoms with Gasteiger partial charge in [0.05, 0.1) is 0 Å². The zero-order chi connectivity index (χ0) is 14.1. The van der Waals surface area contributed by atoms with Crippen LogP contribution in [0.4, 0.5) is 0 Å². The first-order valence-corrected chi connectivity index (χ1v) is 7.24. The molecule has 0 aliphatic heterocycles. The van der Waals surface area contributed by atoms with Crippen LogP contribution in [0.25, 0.3) is 0 Å². The third-order valence-electron chi connectivity index (χ3n) is 2.59. The first-order valence-electron chi connectivity index (χ1n) is 5.80. The number of aromatic amines is 1. The van der Waals surface area contributed by atoms with Crippen LogP contribution >= 0.6 is 0 Å². The van der Waals surface area contributed by atoms with E-state index in [0.717, 1.165) is 0 Å². The molecule has 3 N–H and O–H groups in total. The summed E-state index contributed by atoms with van der Waals surface area (Å²) < 4.78 is 26.1. The molecule has 0 unspecified atom stereocenters. The molecule has 0 saturated heterocycles. The van der Waals surface area contributed by atoms with Crippen LogP contribution in [0.1, 0.15) is 32.0 Å². The number of hydrogen-bond acceptors (Lipinski definition) is 4. The number of H-pyrrole nitrogens is 1. The van der Waals surface area contributed by atoms with Crippen molar-refractivity contribution in [3.63, 3.8) is 0 Å². The normalized spacial score (nSPS) is 13.3. The zero-order valence-corrected chi connectivity index (χ0v) is 12.4. The first-order chi connectivity index (χ1) is 8.09. The fourth-order valence-corrected chi connectivity index (χ4v) is 3.35. The second kappa shape index (κ2) is 4.99. The van der Waals surface area contributed by atoms with Crippen molar-refractivity contribution >= 4 is 10.0 Å². The van der Waals surface area contributed by atoms with Crippen molar-refractivity contribution in [2.45, 2.75) is 39.3 Å². The van der Waals surface area contributed by atoms with Crippen molar-refractivity contribution in [2.24, 2.45) is 11.1 Å². The number of aromatic nitrogens is 2. The van der Waals surface area contributed by atoms with Gasteiger partial charge in [0.25, 0.3) is 10.0 Å². The molecule has 0 aliphatic carbocycles. The summed E-state index contributed by atoms with van der Waals surface area (Å²) in [5.74, 6) is 0. The van der Waals surface area contributed by atoms with Gasteiger partial charge < -0.3 is 5.73 Å². The van der Waals surface area contributed by atoms with E-state index in [2.05, 4.69) is 10.2 Å². The fourth-order valence-electron chi connectivity index (χ4n) is 1.78. The maximum Gasteiger partial charge on any atom is 0.262 e. The molecule has 0 fully saturated rings. The van der Waals surface area contributed by atoms with Crippen molar-refractivity contribution < 1.29 is 8.42 Å². The smallest absolute Gasteiger partial charge is 0.262 e. The summed E-state index contributed by atoms with van der Waals surface area (Å²) in [6, 6.07) is 0. The first kappa shape index (κ1) is 15.1. The van der Waals surface area contributed by atoms with Crippen LogP contribution < -0.4 is 5.73 Å². The van der Waals surface area contributed by atoms with Gasteiger partial charge in [0, 0.05) is 31.4 Å². The molecule has 0 aliphatic rings. The molecule has 0 spiro atoms. The van der Waals surface area contributed by atoms with Crippen LogP contribution in [0.2, 0.25) is 0 Å². The Morgan fingerprint density at radius 1 is 1.39 bits per heavy atom. The Morgan fingerprint density at radius 2 is 1.94 bits per heavy atom. The van der Waals surface area contributed by atoms with Crippen LogP contribution in [0, 0.1) is 12.3 Å². The van der Waals surface area contributed by atoms with Gasteiger partial charge in [-0.25, -0.2) is 8.42 Å². The molecule has 1 aromatic rings. The Kier molecular flexibility index (Phi) is 4.19. The molecule has 1 rings (SSSR count). The predicted molar refractivity (Wildman–Crippen MR) is 70.5 cm³/mol. The van der Waals surface area contributed by atoms with Gasteiger partial charge in [0.2, 0.25) is 0 Å². The van der Waals surface area contributed by atoms with Gasteiger partial charge in [-0.1, -0.05) is 20.8 Å². The monoisotopic (exact) mass is 274 g/mol. The van der Waals surface area contributed by atoms with Crippen molar-refractivity contribution in [2.75, 3.05) is 13.6 Å². The average molecular weight is 274 g/mol. The summed E-state index contributed by atoms with van der Waals surface area (Å²) in [4.78, 5) is 0. The fraction of sp³-hybridized carbons (Fsp3) is 0.727. The maximum absolute atomic E-state index is 12.4. The van der Waals surface area contributed by atoms with E-state index in [9.17, 15) is 8.42 Å². The highest BCUT2D eigenvalue weighted by molar-refractivity contribution is 7.89. The van der Waals surface area contributed by atoms with E-state index in [-0.39, 0.29) is 17.0 Å². The SMILES string of the molecule is Cc1[nH]nc(S(=O)(=O)N(C)CC(C)(C)C)c1CN. The van der Waals surface area contributed by atoms with Crippen molar-refractivity contribution in [3.8, 4) is 0 Å². The van der Waals surface area contributed by atoms with Gasteiger partial charge in [0.1, 0.15) is 0 Å². The van der Waals surface area contributed by atoms with E-state index in [1.165, 1.54) is 4.31 Å². The van der Waals surface area contributed by atoms with Crippen LogP contribution in [-0.2, 0) is 16.6 Å². The lowest BCUT2D eigenvalue weighted by molar-refractivity contribution is 0.310. The molecule has 1 aromatic heterocycles. The minimum atomic E-state index is -3.58.